The van der Waals surface area contributed by atoms with E-state index in [4.69, 9.17) is 26.8 Å². The molecule has 1 heterocycles. The van der Waals surface area contributed by atoms with Crippen LogP contribution in [0.3, 0.4) is 0 Å². The lowest BCUT2D eigenvalue weighted by atomic mass is 10.2. The van der Waals surface area contributed by atoms with Crippen molar-refractivity contribution < 1.29 is 19.4 Å². The molecule has 0 radical (unpaired) electrons. The van der Waals surface area contributed by atoms with Crippen LogP contribution in [0.1, 0.15) is 28.8 Å². The molecular weight excluding hydrogens is 432 g/mol. The molecule has 0 aliphatic heterocycles. The highest BCUT2D eigenvalue weighted by Crippen LogP contribution is 2.28. The minimum atomic E-state index is -1.03. The van der Waals surface area contributed by atoms with Crippen LogP contribution in [0.25, 0.3) is 0 Å². The van der Waals surface area contributed by atoms with Gasteiger partial charge in [0.05, 0.1) is 19.7 Å². The number of nitrogens with zero attached hydrogens (tertiary/aromatic N) is 3. The van der Waals surface area contributed by atoms with Crippen LogP contribution in [0.5, 0.6) is 11.5 Å². The van der Waals surface area contributed by atoms with Crippen molar-refractivity contribution >= 4 is 24.4 Å². The Morgan fingerprint density at radius 3 is 2.69 bits per heavy atom. The van der Waals surface area contributed by atoms with E-state index >= 15 is 0 Å². The molecule has 0 bridgehead atoms. The Labute approximate surface area is 189 Å². The second-order valence-corrected chi connectivity index (χ2v) is 7.30. The molecule has 0 aliphatic carbocycles. The number of hydrogen-bond donors (Lipinski definition) is 2. The van der Waals surface area contributed by atoms with Crippen molar-refractivity contribution in [1.82, 2.24) is 14.9 Å². The summed E-state index contributed by atoms with van der Waals surface area (Å²) in [5, 5.41) is 19.3. The Balaban J connectivity index is 1.78. The summed E-state index contributed by atoms with van der Waals surface area (Å²) in [4.78, 5) is 23.3. The van der Waals surface area contributed by atoms with Gasteiger partial charge in [0.15, 0.2) is 11.5 Å². The monoisotopic (exact) mass is 454 g/mol. The van der Waals surface area contributed by atoms with E-state index in [1.54, 1.807) is 18.2 Å². The molecule has 0 amide bonds. The Hall–Kier alpha value is -3.79. The molecule has 32 heavy (non-hydrogen) atoms. The average Bonchev–Trinajstić information content (AvgIpc) is 2.78. The maximum atomic E-state index is 12.5. The predicted molar refractivity (Wildman–Crippen MR) is 121 cm³/mol. The van der Waals surface area contributed by atoms with Gasteiger partial charge in [-0.05, 0) is 48.5 Å². The standard InChI is InChI=1S/C22H22N4O5S/c1-14-3-5-15(6-4-14)13-31-18-9-7-16(11-19(18)30-2)12-23-26-21(29)17(8-10-20(27)28)24-25-22(26)32/h3-7,9,11-12H,8,10,13H2,1-2H3,(H,25,32)(H,27,28)/b23-12-. The van der Waals surface area contributed by atoms with E-state index in [0.29, 0.717) is 23.7 Å². The van der Waals surface area contributed by atoms with Gasteiger partial charge in [-0.25, -0.2) is 0 Å². The zero-order chi connectivity index (χ0) is 23.1. The first-order chi connectivity index (χ1) is 15.4. The molecule has 0 unspecified atom stereocenters. The fourth-order valence-corrected chi connectivity index (χ4v) is 2.95. The summed E-state index contributed by atoms with van der Waals surface area (Å²) in [5.74, 6) is 0.0514. The quantitative estimate of drug-likeness (QED) is 0.377. The zero-order valence-corrected chi connectivity index (χ0v) is 18.4. The molecule has 0 saturated carbocycles. The average molecular weight is 455 g/mol. The molecule has 0 fully saturated rings. The molecule has 0 atom stereocenters. The second-order valence-electron chi connectivity index (χ2n) is 6.92. The highest BCUT2D eigenvalue weighted by molar-refractivity contribution is 7.71. The predicted octanol–water partition coefficient (Wildman–Crippen LogP) is 3.10. The van der Waals surface area contributed by atoms with E-state index in [0.717, 1.165) is 10.2 Å². The molecule has 2 aromatic carbocycles. The number of aromatic nitrogens is 3. The first-order valence-corrected chi connectivity index (χ1v) is 10.1. The molecule has 3 aromatic rings. The van der Waals surface area contributed by atoms with Gasteiger partial charge >= 0.3 is 5.97 Å². The van der Waals surface area contributed by atoms with Crippen LogP contribution in [0.15, 0.2) is 52.4 Å². The summed E-state index contributed by atoms with van der Waals surface area (Å²) in [7, 11) is 1.54. The molecule has 166 valence electrons. The van der Waals surface area contributed by atoms with Gasteiger partial charge in [0.1, 0.15) is 12.3 Å². The maximum absolute atomic E-state index is 12.5. The Morgan fingerprint density at radius 2 is 2.00 bits per heavy atom. The van der Waals surface area contributed by atoms with Gasteiger partial charge in [-0.1, -0.05) is 29.8 Å². The van der Waals surface area contributed by atoms with E-state index in [1.165, 1.54) is 18.9 Å². The summed E-state index contributed by atoms with van der Waals surface area (Å²) in [5.41, 5.74) is 2.33. The third kappa shape index (κ3) is 5.88. The van der Waals surface area contributed by atoms with Crippen LogP contribution in [0.4, 0.5) is 0 Å². The SMILES string of the molecule is COc1cc(/C=N\n2c(=S)[nH]nc(CCC(=O)O)c2=O)ccc1OCc1ccc(C)cc1. The van der Waals surface area contributed by atoms with Crippen molar-refractivity contribution in [1.29, 1.82) is 0 Å². The van der Waals surface area contributed by atoms with E-state index in [9.17, 15) is 9.59 Å². The minimum absolute atomic E-state index is 0.00431. The van der Waals surface area contributed by atoms with Crippen LogP contribution in [0.2, 0.25) is 0 Å². The summed E-state index contributed by atoms with van der Waals surface area (Å²) in [6.45, 7) is 2.42. The van der Waals surface area contributed by atoms with E-state index in [2.05, 4.69) is 15.3 Å². The number of methoxy groups -OCH3 is 1. The van der Waals surface area contributed by atoms with Crippen LogP contribution in [-0.2, 0) is 17.8 Å². The van der Waals surface area contributed by atoms with Crippen molar-refractivity contribution in [3.63, 3.8) is 0 Å². The first kappa shape index (κ1) is 22.9. The van der Waals surface area contributed by atoms with Gasteiger partial charge in [0.2, 0.25) is 4.77 Å². The number of hydrogen-bond acceptors (Lipinski definition) is 7. The number of aryl methyl sites for hydroxylation is 2. The number of nitrogens with one attached hydrogen (secondary N) is 1. The molecular formula is C22H22N4O5S. The summed E-state index contributed by atoms with van der Waals surface area (Å²) in [6.07, 6.45) is 1.19. The highest BCUT2D eigenvalue weighted by atomic mass is 32.1. The van der Waals surface area contributed by atoms with Gasteiger partial charge in [-0.15, -0.1) is 0 Å². The summed E-state index contributed by atoms with van der Waals surface area (Å²) < 4.78 is 12.3. The second kappa shape index (κ2) is 10.5. The lowest BCUT2D eigenvalue weighted by molar-refractivity contribution is -0.136. The first-order valence-electron chi connectivity index (χ1n) is 9.70. The van der Waals surface area contributed by atoms with Crippen molar-refractivity contribution in [3.8, 4) is 11.5 Å². The Kier molecular flexibility index (Phi) is 7.50. The molecule has 0 aliphatic rings. The van der Waals surface area contributed by atoms with Gasteiger partial charge in [0, 0.05) is 6.42 Å². The number of carbonyl (C=O) groups is 1. The van der Waals surface area contributed by atoms with E-state index in [1.807, 2.05) is 31.2 Å². The molecule has 2 N–H and O–H groups in total. The Morgan fingerprint density at radius 1 is 1.25 bits per heavy atom. The third-order valence-corrected chi connectivity index (χ3v) is 4.78. The summed E-state index contributed by atoms with van der Waals surface area (Å²) in [6, 6.07) is 13.3. The molecule has 1 aromatic heterocycles. The maximum Gasteiger partial charge on any atom is 0.303 e. The number of carboxylic acids is 1. The topological polar surface area (TPSA) is 119 Å². The third-order valence-electron chi connectivity index (χ3n) is 4.52. The number of benzene rings is 2. The van der Waals surface area contributed by atoms with Crippen molar-refractivity contribution in [2.24, 2.45) is 5.10 Å². The molecule has 0 spiro atoms. The van der Waals surface area contributed by atoms with E-state index in [-0.39, 0.29) is 23.3 Å². The van der Waals surface area contributed by atoms with Crippen LogP contribution in [0, 0.1) is 11.7 Å². The van der Waals surface area contributed by atoms with Gasteiger partial charge < -0.3 is 14.6 Å². The van der Waals surface area contributed by atoms with E-state index < -0.39 is 11.5 Å². The van der Waals surface area contributed by atoms with Crippen LogP contribution >= 0.6 is 12.2 Å². The lowest BCUT2D eigenvalue weighted by Gasteiger charge is -2.11. The number of H-pyrrole nitrogens is 1. The van der Waals surface area contributed by atoms with Crippen molar-refractivity contribution in [2.75, 3.05) is 7.11 Å². The van der Waals surface area contributed by atoms with Crippen LogP contribution < -0.4 is 15.0 Å². The van der Waals surface area contributed by atoms with Crippen molar-refractivity contribution in [2.45, 2.75) is 26.4 Å². The van der Waals surface area contributed by atoms with Gasteiger partial charge in [-0.2, -0.15) is 14.9 Å². The van der Waals surface area contributed by atoms with Crippen LogP contribution in [-0.4, -0.2) is 39.3 Å². The zero-order valence-electron chi connectivity index (χ0n) is 17.6. The van der Waals surface area contributed by atoms with Crippen molar-refractivity contribution in [3.05, 3.63) is 80.0 Å². The molecule has 0 saturated heterocycles. The smallest absolute Gasteiger partial charge is 0.303 e. The van der Waals surface area contributed by atoms with Gasteiger partial charge in [-0.3, -0.25) is 14.7 Å². The number of rotatable bonds is 9. The minimum Gasteiger partial charge on any atom is -0.493 e. The molecule has 10 heteroatoms. The Bertz CT molecular complexity index is 1250. The number of aromatic amines is 1. The lowest BCUT2D eigenvalue weighted by Crippen LogP contribution is -2.25. The fourth-order valence-electron chi connectivity index (χ4n) is 2.77. The number of carboxylic acid groups (broad SMARTS) is 1. The normalized spacial score (nSPS) is 10.9. The fraction of sp³-hybridized carbons (Fsp3) is 0.227. The number of aliphatic carboxylic acids is 1. The largest absolute Gasteiger partial charge is 0.493 e. The highest BCUT2D eigenvalue weighted by Gasteiger charge is 2.10. The summed E-state index contributed by atoms with van der Waals surface area (Å²) >= 11 is 5.08. The number of ether oxygens (including phenoxy) is 2. The molecule has 3 rings (SSSR count). The molecule has 9 nitrogen and oxygen atoms in total. The van der Waals surface area contributed by atoms with Gasteiger partial charge in [0.25, 0.3) is 5.56 Å².